The van der Waals surface area contributed by atoms with Gasteiger partial charge < -0.3 is 0 Å². The molecule has 0 aromatic carbocycles. The lowest BCUT2D eigenvalue weighted by Crippen LogP contribution is -2.15. The molecule has 0 atom stereocenters. The molecule has 0 spiro atoms. The van der Waals surface area contributed by atoms with Crippen LogP contribution in [0.5, 0.6) is 0 Å². The van der Waals surface area contributed by atoms with E-state index in [-0.39, 0.29) is 6.42 Å². The van der Waals surface area contributed by atoms with Crippen molar-refractivity contribution in [2.24, 2.45) is 5.41 Å². The second-order valence-corrected chi connectivity index (χ2v) is 3.14. The van der Waals surface area contributed by atoms with Crippen LogP contribution in [0.3, 0.4) is 0 Å². The number of terminal acetylenes is 1. The summed E-state index contributed by atoms with van der Waals surface area (Å²) in [6, 6.07) is 0. The van der Waals surface area contributed by atoms with Crippen LogP contribution in [0.15, 0.2) is 0 Å². The van der Waals surface area contributed by atoms with Crippen molar-refractivity contribution in [1.82, 2.24) is 0 Å². The predicted molar refractivity (Wildman–Crippen MR) is 37.9 cm³/mol. The Morgan fingerprint density at radius 3 is 1.91 bits per heavy atom. The third-order valence-corrected chi connectivity index (χ3v) is 1.42. The minimum Gasteiger partial charge on any atom is -0.171 e. The molecule has 0 unspecified atom stereocenters. The molecule has 0 rings (SSSR count). The van der Waals surface area contributed by atoms with Crippen molar-refractivity contribution in [3.05, 3.63) is 0 Å². The minimum atomic E-state index is -4.09. The SMILES string of the molecule is C#CC(C)(C)CCC(F)(F)F. The summed E-state index contributed by atoms with van der Waals surface area (Å²) in [4.78, 5) is 0. The van der Waals surface area contributed by atoms with Crippen LogP contribution in [0.2, 0.25) is 0 Å². The van der Waals surface area contributed by atoms with E-state index >= 15 is 0 Å². The third-order valence-electron chi connectivity index (χ3n) is 1.42. The molecule has 0 radical (unpaired) electrons. The second kappa shape index (κ2) is 3.17. The Bertz CT molecular complexity index is 159. The number of hydrogen-bond acceptors (Lipinski definition) is 0. The van der Waals surface area contributed by atoms with Crippen molar-refractivity contribution in [1.29, 1.82) is 0 Å². The second-order valence-electron chi connectivity index (χ2n) is 3.14. The van der Waals surface area contributed by atoms with Crippen molar-refractivity contribution in [2.75, 3.05) is 0 Å². The van der Waals surface area contributed by atoms with E-state index in [0.29, 0.717) is 0 Å². The maximum Gasteiger partial charge on any atom is 0.389 e. The molecule has 0 nitrogen and oxygen atoms in total. The Morgan fingerprint density at radius 2 is 1.64 bits per heavy atom. The molecule has 3 heteroatoms. The quantitative estimate of drug-likeness (QED) is 0.550. The standard InChI is InChI=1S/C8H11F3/c1-4-7(2,3)5-6-8(9,10)11/h1H,5-6H2,2-3H3. The molecular formula is C8H11F3. The smallest absolute Gasteiger partial charge is 0.171 e. The van der Waals surface area contributed by atoms with Crippen LogP contribution < -0.4 is 0 Å². The van der Waals surface area contributed by atoms with Gasteiger partial charge in [0.15, 0.2) is 0 Å². The molecule has 0 aliphatic carbocycles. The third kappa shape index (κ3) is 5.78. The summed E-state index contributed by atoms with van der Waals surface area (Å²) >= 11 is 0. The van der Waals surface area contributed by atoms with Crippen LogP contribution in [0.1, 0.15) is 26.7 Å². The van der Waals surface area contributed by atoms with Crippen molar-refractivity contribution >= 4 is 0 Å². The van der Waals surface area contributed by atoms with Crippen LogP contribution >= 0.6 is 0 Å². The van der Waals surface area contributed by atoms with Gasteiger partial charge in [-0.2, -0.15) is 13.2 Å². The van der Waals surface area contributed by atoms with Gasteiger partial charge >= 0.3 is 6.18 Å². The summed E-state index contributed by atoms with van der Waals surface area (Å²) in [6.45, 7) is 3.25. The van der Waals surface area contributed by atoms with E-state index in [9.17, 15) is 13.2 Å². The van der Waals surface area contributed by atoms with Gasteiger partial charge in [0.25, 0.3) is 0 Å². The lowest BCUT2D eigenvalue weighted by molar-refractivity contribution is -0.138. The summed E-state index contributed by atoms with van der Waals surface area (Å²) in [5.41, 5.74) is -0.643. The van der Waals surface area contributed by atoms with Gasteiger partial charge in [0.1, 0.15) is 0 Å². The molecule has 11 heavy (non-hydrogen) atoms. The van der Waals surface area contributed by atoms with Crippen molar-refractivity contribution in [3.8, 4) is 12.3 Å². The van der Waals surface area contributed by atoms with Crippen molar-refractivity contribution < 1.29 is 13.2 Å². The number of rotatable bonds is 2. The zero-order valence-corrected chi connectivity index (χ0v) is 6.63. The summed E-state index contributed by atoms with van der Waals surface area (Å²) < 4.78 is 35.0. The molecule has 0 fully saturated rings. The number of halogens is 3. The van der Waals surface area contributed by atoms with Gasteiger partial charge in [0.2, 0.25) is 0 Å². The van der Waals surface area contributed by atoms with Gasteiger partial charge in [-0.3, -0.25) is 0 Å². The van der Waals surface area contributed by atoms with E-state index in [0.717, 1.165) is 0 Å². The molecule has 0 aliphatic heterocycles. The first-order valence-electron chi connectivity index (χ1n) is 3.31. The van der Waals surface area contributed by atoms with E-state index in [1.165, 1.54) is 0 Å². The first-order chi connectivity index (χ1) is 4.77. The zero-order valence-electron chi connectivity index (χ0n) is 6.63. The molecule has 0 aromatic rings. The van der Waals surface area contributed by atoms with Gasteiger partial charge in [0.05, 0.1) is 0 Å². The van der Waals surface area contributed by atoms with Crippen LogP contribution in [-0.4, -0.2) is 6.18 Å². The highest BCUT2D eigenvalue weighted by molar-refractivity contribution is 5.00. The first-order valence-corrected chi connectivity index (χ1v) is 3.31. The molecule has 64 valence electrons. The van der Waals surface area contributed by atoms with Gasteiger partial charge in [-0.15, -0.1) is 12.3 Å². The largest absolute Gasteiger partial charge is 0.389 e. The zero-order chi connectivity index (χ0) is 9.12. The van der Waals surface area contributed by atoms with Crippen molar-refractivity contribution in [3.63, 3.8) is 0 Å². The fourth-order valence-electron chi connectivity index (χ4n) is 0.526. The van der Waals surface area contributed by atoms with Gasteiger partial charge in [-0.25, -0.2) is 0 Å². The Kier molecular flexibility index (Phi) is 2.98. The van der Waals surface area contributed by atoms with Gasteiger partial charge in [0, 0.05) is 11.8 Å². The first kappa shape index (κ1) is 10.3. The minimum absolute atomic E-state index is 0.00694. The fraction of sp³-hybridized carbons (Fsp3) is 0.750. The summed E-state index contributed by atoms with van der Waals surface area (Å²) in [7, 11) is 0. The lowest BCUT2D eigenvalue weighted by Gasteiger charge is -2.17. The average Bonchev–Trinajstić information content (AvgIpc) is 1.83. The predicted octanol–water partition coefficient (Wildman–Crippen LogP) is 2.99. The van der Waals surface area contributed by atoms with E-state index in [1.807, 2.05) is 0 Å². The summed E-state index contributed by atoms with van der Waals surface area (Å²) in [6.07, 6.45) is 0.121. The molecule has 0 aliphatic rings. The topological polar surface area (TPSA) is 0 Å². The highest BCUT2D eigenvalue weighted by Gasteiger charge is 2.30. The van der Waals surface area contributed by atoms with E-state index < -0.39 is 18.0 Å². The van der Waals surface area contributed by atoms with Crippen LogP contribution in [0, 0.1) is 17.8 Å². The Morgan fingerprint density at radius 1 is 1.18 bits per heavy atom. The van der Waals surface area contributed by atoms with Crippen molar-refractivity contribution in [2.45, 2.75) is 32.9 Å². The molecule has 0 amide bonds. The molecule has 0 heterocycles. The Balaban J connectivity index is 3.83. The maximum atomic E-state index is 11.7. The molecule has 0 bridgehead atoms. The van der Waals surface area contributed by atoms with E-state index in [1.54, 1.807) is 13.8 Å². The van der Waals surface area contributed by atoms with Gasteiger partial charge in [-0.05, 0) is 20.3 Å². The number of alkyl halides is 3. The van der Waals surface area contributed by atoms with Crippen LogP contribution in [0.25, 0.3) is 0 Å². The molecule has 0 saturated carbocycles. The van der Waals surface area contributed by atoms with E-state index in [4.69, 9.17) is 6.42 Å². The number of hydrogen-bond donors (Lipinski definition) is 0. The van der Waals surface area contributed by atoms with Crippen LogP contribution in [0.4, 0.5) is 13.2 Å². The van der Waals surface area contributed by atoms with Crippen LogP contribution in [-0.2, 0) is 0 Å². The van der Waals surface area contributed by atoms with Gasteiger partial charge in [-0.1, -0.05) is 0 Å². The molecule has 0 saturated heterocycles. The average molecular weight is 164 g/mol. The maximum absolute atomic E-state index is 11.7. The Labute approximate surface area is 64.8 Å². The molecule has 0 aromatic heterocycles. The summed E-state index contributed by atoms with van der Waals surface area (Å²) in [5.74, 6) is 2.31. The lowest BCUT2D eigenvalue weighted by atomic mass is 9.89. The normalized spacial score (nSPS) is 12.7. The fourth-order valence-corrected chi connectivity index (χ4v) is 0.526. The Hall–Kier alpha value is -0.650. The van der Waals surface area contributed by atoms with E-state index in [2.05, 4.69) is 5.92 Å². The highest BCUT2D eigenvalue weighted by atomic mass is 19.4. The monoisotopic (exact) mass is 164 g/mol. The molecule has 0 N–H and O–H groups in total. The summed E-state index contributed by atoms with van der Waals surface area (Å²) in [5, 5.41) is 0. The molecular weight excluding hydrogens is 153 g/mol. The highest BCUT2D eigenvalue weighted by Crippen LogP contribution is 2.29.